The topological polar surface area (TPSA) is 47.4 Å². The van der Waals surface area contributed by atoms with Gasteiger partial charge in [0.15, 0.2) is 0 Å². The second-order valence-corrected chi connectivity index (χ2v) is 6.47. The highest BCUT2D eigenvalue weighted by Gasteiger charge is 2.28. The number of aryl methyl sites for hydroxylation is 1. The van der Waals surface area contributed by atoms with Crippen molar-refractivity contribution in [2.24, 2.45) is 0 Å². The van der Waals surface area contributed by atoms with Crippen LogP contribution < -0.4 is 0 Å². The van der Waals surface area contributed by atoms with Crippen molar-refractivity contribution in [3.05, 3.63) is 54.1 Å². The summed E-state index contributed by atoms with van der Waals surface area (Å²) in [6, 6.07) is 10.1. The molecule has 2 aromatic rings. The normalized spacial score (nSPS) is 18.1. The fraction of sp³-hybridized carbons (Fsp3) is 0.474. The Morgan fingerprint density at radius 2 is 2.12 bits per heavy atom. The molecule has 1 saturated heterocycles. The van der Waals surface area contributed by atoms with Crippen LogP contribution in [0.25, 0.3) is 0 Å². The molecule has 2 heterocycles. The SMILES string of the molecule is CC(C)c1nccn1CCC(=O)N1CCOCC1c1ccccc1. The summed E-state index contributed by atoms with van der Waals surface area (Å²) >= 11 is 0. The first-order chi connectivity index (χ1) is 11.7. The second-order valence-electron chi connectivity index (χ2n) is 6.47. The van der Waals surface area contributed by atoms with Crippen LogP contribution in [0.2, 0.25) is 0 Å². The van der Waals surface area contributed by atoms with Crippen LogP contribution >= 0.6 is 0 Å². The molecule has 128 valence electrons. The molecule has 0 spiro atoms. The Kier molecular flexibility index (Phi) is 5.30. The Labute approximate surface area is 143 Å². The van der Waals surface area contributed by atoms with Crippen LogP contribution in [-0.2, 0) is 16.1 Å². The first-order valence-corrected chi connectivity index (χ1v) is 8.60. The number of morpholine rings is 1. The molecular weight excluding hydrogens is 302 g/mol. The van der Waals surface area contributed by atoms with Crippen molar-refractivity contribution in [3.8, 4) is 0 Å². The third kappa shape index (κ3) is 3.67. The molecule has 0 N–H and O–H groups in total. The van der Waals surface area contributed by atoms with Crippen molar-refractivity contribution >= 4 is 5.91 Å². The van der Waals surface area contributed by atoms with Gasteiger partial charge >= 0.3 is 0 Å². The van der Waals surface area contributed by atoms with Gasteiger partial charge in [0.2, 0.25) is 5.91 Å². The number of imidazole rings is 1. The lowest BCUT2D eigenvalue weighted by Crippen LogP contribution is -2.43. The number of rotatable bonds is 5. The lowest BCUT2D eigenvalue weighted by atomic mass is 10.0. The van der Waals surface area contributed by atoms with Crippen LogP contribution in [0.5, 0.6) is 0 Å². The standard InChI is InChI=1S/C19H25N3O2/c1-15(2)19-20-9-11-21(19)10-8-18(23)22-12-13-24-14-17(22)16-6-4-3-5-7-16/h3-7,9,11,15,17H,8,10,12-14H2,1-2H3. The average molecular weight is 327 g/mol. The van der Waals surface area contributed by atoms with E-state index >= 15 is 0 Å². The molecular formula is C19H25N3O2. The van der Waals surface area contributed by atoms with E-state index in [0.717, 1.165) is 11.4 Å². The smallest absolute Gasteiger partial charge is 0.225 e. The molecule has 1 atom stereocenters. The molecule has 24 heavy (non-hydrogen) atoms. The number of carbonyl (C=O) groups is 1. The molecule has 1 aliphatic rings. The van der Waals surface area contributed by atoms with Crippen molar-refractivity contribution in [1.82, 2.24) is 14.5 Å². The van der Waals surface area contributed by atoms with E-state index in [4.69, 9.17) is 4.74 Å². The predicted molar refractivity (Wildman–Crippen MR) is 92.6 cm³/mol. The first-order valence-electron chi connectivity index (χ1n) is 8.60. The minimum Gasteiger partial charge on any atom is -0.377 e. The molecule has 3 rings (SSSR count). The molecule has 1 aliphatic heterocycles. The molecule has 1 unspecified atom stereocenters. The number of nitrogens with zero attached hydrogens (tertiary/aromatic N) is 3. The maximum atomic E-state index is 12.8. The fourth-order valence-corrected chi connectivity index (χ4v) is 3.22. The summed E-state index contributed by atoms with van der Waals surface area (Å²) in [6.45, 7) is 6.74. The number of amides is 1. The van der Waals surface area contributed by atoms with Gasteiger partial charge in [-0.2, -0.15) is 0 Å². The molecule has 1 fully saturated rings. The summed E-state index contributed by atoms with van der Waals surface area (Å²) < 4.78 is 7.69. The highest BCUT2D eigenvalue weighted by molar-refractivity contribution is 5.76. The van der Waals surface area contributed by atoms with Gasteiger partial charge in [0.25, 0.3) is 0 Å². The molecule has 5 heteroatoms. The summed E-state index contributed by atoms with van der Waals surface area (Å²) in [5, 5.41) is 0. The Morgan fingerprint density at radius 1 is 1.33 bits per heavy atom. The van der Waals surface area contributed by atoms with Gasteiger partial charge in [0, 0.05) is 37.8 Å². The van der Waals surface area contributed by atoms with Gasteiger partial charge in [-0.1, -0.05) is 44.2 Å². The van der Waals surface area contributed by atoms with Crippen LogP contribution in [0.1, 0.15) is 43.6 Å². The maximum Gasteiger partial charge on any atom is 0.225 e. The Hall–Kier alpha value is -2.14. The molecule has 1 aromatic heterocycles. The summed E-state index contributed by atoms with van der Waals surface area (Å²) in [5.41, 5.74) is 1.14. The van der Waals surface area contributed by atoms with Crippen LogP contribution in [0.15, 0.2) is 42.7 Å². The third-order valence-corrected chi connectivity index (χ3v) is 4.46. The minimum absolute atomic E-state index is 0.0137. The highest BCUT2D eigenvalue weighted by atomic mass is 16.5. The summed E-state index contributed by atoms with van der Waals surface area (Å²) in [4.78, 5) is 19.1. The minimum atomic E-state index is 0.0137. The van der Waals surface area contributed by atoms with Crippen LogP contribution in [0.3, 0.4) is 0 Å². The zero-order valence-electron chi connectivity index (χ0n) is 14.4. The van der Waals surface area contributed by atoms with E-state index in [2.05, 4.69) is 35.5 Å². The Morgan fingerprint density at radius 3 is 2.88 bits per heavy atom. The van der Waals surface area contributed by atoms with Crippen molar-refractivity contribution < 1.29 is 9.53 Å². The summed E-state index contributed by atoms with van der Waals surface area (Å²) in [6.07, 6.45) is 4.25. The van der Waals surface area contributed by atoms with Crippen molar-refractivity contribution in [2.45, 2.75) is 38.8 Å². The van der Waals surface area contributed by atoms with E-state index in [1.54, 1.807) is 6.20 Å². The van der Waals surface area contributed by atoms with E-state index in [1.807, 2.05) is 29.3 Å². The molecule has 0 radical (unpaired) electrons. The largest absolute Gasteiger partial charge is 0.377 e. The maximum absolute atomic E-state index is 12.8. The number of ether oxygens (including phenoxy) is 1. The molecule has 0 aliphatic carbocycles. The zero-order chi connectivity index (χ0) is 16.9. The Bertz CT molecular complexity index is 666. The lowest BCUT2D eigenvalue weighted by Gasteiger charge is -2.36. The van der Waals surface area contributed by atoms with Gasteiger partial charge in [0.05, 0.1) is 19.3 Å². The fourth-order valence-electron chi connectivity index (χ4n) is 3.22. The predicted octanol–water partition coefficient (Wildman–Crippen LogP) is 3.00. The third-order valence-electron chi connectivity index (χ3n) is 4.46. The average Bonchev–Trinajstić information content (AvgIpc) is 3.09. The number of aromatic nitrogens is 2. The zero-order valence-corrected chi connectivity index (χ0v) is 14.4. The highest BCUT2D eigenvalue weighted by Crippen LogP contribution is 2.25. The number of hydrogen-bond donors (Lipinski definition) is 0. The Balaban J connectivity index is 1.67. The number of carbonyl (C=O) groups excluding carboxylic acids is 1. The molecule has 0 saturated carbocycles. The van der Waals surface area contributed by atoms with Crippen LogP contribution in [0.4, 0.5) is 0 Å². The first kappa shape index (κ1) is 16.7. The number of benzene rings is 1. The molecule has 1 amide bonds. The quantitative estimate of drug-likeness (QED) is 0.848. The molecule has 1 aromatic carbocycles. The lowest BCUT2D eigenvalue weighted by molar-refractivity contribution is -0.140. The molecule has 5 nitrogen and oxygen atoms in total. The van der Waals surface area contributed by atoms with Gasteiger partial charge in [-0.25, -0.2) is 4.98 Å². The van der Waals surface area contributed by atoms with E-state index in [9.17, 15) is 4.79 Å². The monoisotopic (exact) mass is 327 g/mol. The van der Waals surface area contributed by atoms with Crippen LogP contribution in [0, 0.1) is 0 Å². The summed E-state index contributed by atoms with van der Waals surface area (Å²) in [5.74, 6) is 1.57. The van der Waals surface area contributed by atoms with Crippen molar-refractivity contribution in [3.63, 3.8) is 0 Å². The second kappa shape index (κ2) is 7.62. The summed E-state index contributed by atoms with van der Waals surface area (Å²) in [7, 11) is 0. The van der Waals surface area contributed by atoms with Gasteiger partial charge in [-0.3, -0.25) is 4.79 Å². The molecule has 0 bridgehead atoms. The van der Waals surface area contributed by atoms with Crippen molar-refractivity contribution in [2.75, 3.05) is 19.8 Å². The van der Waals surface area contributed by atoms with Gasteiger partial charge in [-0.05, 0) is 5.56 Å². The van der Waals surface area contributed by atoms with Gasteiger partial charge in [-0.15, -0.1) is 0 Å². The van der Waals surface area contributed by atoms with Crippen molar-refractivity contribution in [1.29, 1.82) is 0 Å². The van der Waals surface area contributed by atoms with E-state index in [1.165, 1.54) is 0 Å². The van der Waals surface area contributed by atoms with Gasteiger partial charge in [0.1, 0.15) is 5.82 Å². The van der Waals surface area contributed by atoms with E-state index in [-0.39, 0.29) is 11.9 Å². The van der Waals surface area contributed by atoms with Crippen LogP contribution in [-0.4, -0.2) is 40.1 Å². The van der Waals surface area contributed by atoms with E-state index < -0.39 is 0 Å². The number of hydrogen-bond acceptors (Lipinski definition) is 3. The van der Waals surface area contributed by atoms with Gasteiger partial charge < -0.3 is 14.2 Å². The van der Waals surface area contributed by atoms with E-state index in [0.29, 0.717) is 38.6 Å².